The minimum atomic E-state index is -1.02. The highest BCUT2D eigenvalue weighted by atomic mass is 19.1. The van der Waals surface area contributed by atoms with Crippen LogP contribution < -0.4 is 15.4 Å². The minimum Gasteiger partial charge on any atom is -0.488 e. The predicted molar refractivity (Wildman–Crippen MR) is 175 cm³/mol. The standard InChI is InChI=1S/C36H39F2N5O5/c1-36(2,3)48-33(44)13-12-31(34(39)45)43-21-27-26(35(43)46)6-5-7-32(27)47-22-24-9-8-23(18-28(24)37)20-41-14-16-42(17-15-41)30-11-10-25(40-4)19-29(30)38/h5-11,18-19,31H,12-17,20-22H2,1-3H3,(H2,39,45)/t31-/m0/s1. The SMILES string of the molecule is [C-]#[N+]c1ccc(N2CCN(Cc3ccc(COc4cccc5c4CN([C@@H](CCC(=O)OC(C)(C)C)C(N)=O)C5=O)c(F)c3)CC2)c(F)c1. The molecule has 252 valence electrons. The van der Waals surface area contributed by atoms with Crippen LogP contribution >= 0.6 is 0 Å². The molecule has 1 fully saturated rings. The van der Waals surface area contributed by atoms with E-state index in [9.17, 15) is 18.8 Å². The van der Waals surface area contributed by atoms with Gasteiger partial charge in [0.25, 0.3) is 5.91 Å². The first-order chi connectivity index (χ1) is 22.8. The topological polar surface area (TPSA) is 110 Å². The Hall–Kier alpha value is -5.02. The van der Waals surface area contributed by atoms with Crippen LogP contribution in [0.1, 0.15) is 60.7 Å². The van der Waals surface area contributed by atoms with Gasteiger partial charge in [-0.25, -0.2) is 13.6 Å². The maximum Gasteiger partial charge on any atom is 0.306 e. The van der Waals surface area contributed by atoms with Crippen molar-refractivity contribution in [1.82, 2.24) is 9.80 Å². The lowest BCUT2D eigenvalue weighted by Gasteiger charge is -2.36. The number of piperazine rings is 1. The average Bonchev–Trinajstić information content (AvgIpc) is 3.36. The maximum atomic E-state index is 15.2. The van der Waals surface area contributed by atoms with Crippen molar-refractivity contribution in [1.29, 1.82) is 0 Å². The van der Waals surface area contributed by atoms with E-state index in [1.165, 1.54) is 17.0 Å². The Morgan fingerprint density at radius 2 is 1.77 bits per heavy atom. The number of hydrogen-bond acceptors (Lipinski definition) is 7. The molecule has 2 N–H and O–H groups in total. The fourth-order valence-corrected chi connectivity index (χ4v) is 6.00. The van der Waals surface area contributed by atoms with Crippen LogP contribution in [0.2, 0.25) is 0 Å². The molecular formula is C36H39F2N5O5. The summed E-state index contributed by atoms with van der Waals surface area (Å²) in [7, 11) is 0. The summed E-state index contributed by atoms with van der Waals surface area (Å²) in [6.07, 6.45) is -0.0663. The van der Waals surface area contributed by atoms with Crippen LogP contribution in [-0.2, 0) is 34.0 Å². The smallest absolute Gasteiger partial charge is 0.306 e. The summed E-state index contributed by atoms with van der Waals surface area (Å²) in [5, 5.41) is 0. The van der Waals surface area contributed by atoms with Gasteiger partial charge in [-0.15, -0.1) is 0 Å². The van der Waals surface area contributed by atoms with Crippen LogP contribution in [0.4, 0.5) is 20.2 Å². The van der Waals surface area contributed by atoms with Gasteiger partial charge >= 0.3 is 5.97 Å². The highest BCUT2D eigenvalue weighted by Gasteiger charge is 2.37. The van der Waals surface area contributed by atoms with Gasteiger partial charge in [-0.3, -0.25) is 19.3 Å². The molecule has 0 radical (unpaired) electrons. The number of amides is 2. The van der Waals surface area contributed by atoms with Crippen LogP contribution in [0.5, 0.6) is 5.75 Å². The molecule has 0 aromatic heterocycles. The van der Waals surface area contributed by atoms with Gasteiger partial charge in [0.1, 0.15) is 35.6 Å². The first-order valence-corrected chi connectivity index (χ1v) is 15.8. The van der Waals surface area contributed by atoms with Gasteiger partial charge in [0.2, 0.25) is 5.91 Å². The number of nitrogens with zero attached hydrogens (tertiary/aromatic N) is 4. The molecule has 0 aliphatic carbocycles. The molecule has 12 heteroatoms. The summed E-state index contributed by atoms with van der Waals surface area (Å²) in [5.41, 5.74) is 7.76. The molecule has 2 amide bonds. The third-order valence-corrected chi connectivity index (χ3v) is 8.38. The van der Waals surface area contributed by atoms with E-state index in [2.05, 4.69) is 9.74 Å². The Bertz CT molecular complexity index is 1740. The van der Waals surface area contributed by atoms with Gasteiger partial charge in [0.15, 0.2) is 5.69 Å². The third kappa shape index (κ3) is 8.09. The molecule has 0 unspecified atom stereocenters. The second-order valence-corrected chi connectivity index (χ2v) is 13.0. The largest absolute Gasteiger partial charge is 0.488 e. The van der Waals surface area contributed by atoms with Gasteiger partial charge in [-0.05, 0) is 63.1 Å². The molecular weight excluding hydrogens is 620 g/mol. The zero-order valence-electron chi connectivity index (χ0n) is 27.3. The number of fused-ring (bicyclic) bond motifs is 1. The number of anilines is 1. The monoisotopic (exact) mass is 659 g/mol. The second kappa shape index (κ2) is 14.4. The number of benzene rings is 3. The summed E-state index contributed by atoms with van der Waals surface area (Å²) in [6.45, 7) is 15.3. The zero-order chi connectivity index (χ0) is 34.6. The number of primary amides is 1. The molecule has 0 bridgehead atoms. The van der Waals surface area contributed by atoms with Crippen molar-refractivity contribution in [3.8, 4) is 5.75 Å². The maximum absolute atomic E-state index is 15.2. The Morgan fingerprint density at radius 1 is 1.02 bits per heavy atom. The minimum absolute atomic E-state index is 0.0178. The zero-order valence-corrected chi connectivity index (χ0v) is 27.3. The molecule has 2 aliphatic rings. The molecule has 48 heavy (non-hydrogen) atoms. The number of nitrogens with two attached hydrogens (primary N) is 1. The Balaban J connectivity index is 1.17. The summed E-state index contributed by atoms with van der Waals surface area (Å²) in [5.74, 6) is -2.06. The van der Waals surface area contributed by atoms with Gasteiger partial charge in [0, 0.05) is 55.8 Å². The average molecular weight is 660 g/mol. The number of hydrogen-bond donors (Lipinski definition) is 1. The molecule has 10 nitrogen and oxygen atoms in total. The van der Waals surface area contributed by atoms with E-state index in [-0.39, 0.29) is 31.7 Å². The van der Waals surface area contributed by atoms with Crippen molar-refractivity contribution < 1.29 is 32.6 Å². The van der Waals surface area contributed by atoms with Crippen LogP contribution in [0.15, 0.2) is 54.6 Å². The predicted octanol–water partition coefficient (Wildman–Crippen LogP) is 5.35. The van der Waals surface area contributed by atoms with Crippen molar-refractivity contribution in [2.45, 2.75) is 65.0 Å². The van der Waals surface area contributed by atoms with E-state index in [0.29, 0.717) is 60.9 Å². The van der Waals surface area contributed by atoms with Crippen LogP contribution in [0.25, 0.3) is 4.85 Å². The molecule has 3 aromatic rings. The number of esters is 1. The van der Waals surface area contributed by atoms with E-state index in [1.807, 2.05) is 11.0 Å². The third-order valence-electron chi connectivity index (χ3n) is 8.38. The van der Waals surface area contributed by atoms with Gasteiger partial charge in [-0.2, -0.15) is 0 Å². The first kappa shape index (κ1) is 34.3. The first-order valence-electron chi connectivity index (χ1n) is 15.8. The van der Waals surface area contributed by atoms with E-state index in [4.69, 9.17) is 21.8 Å². The number of ether oxygens (including phenoxy) is 2. The van der Waals surface area contributed by atoms with E-state index < -0.39 is 41.1 Å². The van der Waals surface area contributed by atoms with Crippen LogP contribution in [0, 0.1) is 18.2 Å². The van der Waals surface area contributed by atoms with Gasteiger partial charge < -0.3 is 25.0 Å². The normalized spacial score (nSPS) is 15.5. The molecule has 1 saturated heterocycles. The molecule has 0 spiro atoms. The second-order valence-electron chi connectivity index (χ2n) is 13.0. The summed E-state index contributed by atoms with van der Waals surface area (Å²) >= 11 is 0. The van der Waals surface area contributed by atoms with Crippen molar-refractivity contribution in [3.63, 3.8) is 0 Å². The summed E-state index contributed by atoms with van der Waals surface area (Å²) in [6, 6.07) is 13.5. The van der Waals surface area contributed by atoms with Crippen molar-refractivity contribution in [2.75, 3.05) is 31.1 Å². The molecule has 2 aliphatic heterocycles. The molecule has 5 rings (SSSR count). The van der Waals surface area contributed by atoms with Crippen molar-refractivity contribution >= 4 is 29.2 Å². The molecule has 3 aromatic carbocycles. The van der Waals surface area contributed by atoms with E-state index >= 15 is 4.39 Å². The Morgan fingerprint density at radius 3 is 2.42 bits per heavy atom. The lowest BCUT2D eigenvalue weighted by molar-refractivity contribution is -0.155. The lowest BCUT2D eigenvalue weighted by Crippen LogP contribution is -2.46. The fraction of sp³-hybridized carbons (Fsp3) is 0.389. The highest BCUT2D eigenvalue weighted by Crippen LogP contribution is 2.34. The number of halogens is 2. The van der Waals surface area contributed by atoms with Crippen LogP contribution in [-0.4, -0.2) is 65.4 Å². The van der Waals surface area contributed by atoms with Crippen molar-refractivity contribution in [2.24, 2.45) is 5.73 Å². The Kier molecular flexibility index (Phi) is 10.3. The number of carbonyl (C=O) groups excluding carboxylic acids is 3. The number of carbonyl (C=O) groups is 3. The molecule has 0 saturated carbocycles. The van der Waals surface area contributed by atoms with E-state index in [0.717, 1.165) is 5.56 Å². The quantitative estimate of drug-likeness (QED) is 0.218. The van der Waals surface area contributed by atoms with Crippen molar-refractivity contribution in [3.05, 3.63) is 99.9 Å². The fourth-order valence-electron chi connectivity index (χ4n) is 6.00. The molecule has 2 heterocycles. The van der Waals surface area contributed by atoms with Gasteiger partial charge in [0.05, 0.1) is 18.8 Å². The Labute approximate surface area is 278 Å². The summed E-state index contributed by atoms with van der Waals surface area (Å²) < 4.78 is 41.0. The summed E-state index contributed by atoms with van der Waals surface area (Å²) in [4.78, 5) is 46.6. The lowest BCUT2D eigenvalue weighted by atomic mass is 10.1. The van der Waals surface area contributed by atoms with E-state index in [1.54, 1.807) is 57.2 Å². The number of rotatable bonds is 11. The van der Waals surface area contributed by atoms with Gasteiger partial charge in [-0.1, -0.05) is 24.3 Å². The molecule has 1 atom stereocenters. The highest BCUT2D eigenvalue weighted by molar-refractivity contribution is 6.01. The van der Waals surface area contributed by atoms with Crippen LogP contribution in [0.3, 0.4) is 0 Å².